The number of aliphatic hydroxyl groups excluding tert-OH is 2. The second-order valence-corrected chi connectivity index (χ2v) is 19.9. The summed E-state index contributed by atoms with van der Waals surface area (Å²) in [6, 6.07) is 0. The average Bonchev–Trinajstić information content (AvgIpc) is 3.64. The molecule has 8 aliphatic rings. The number of hydrogen-bond acceptors (Lipinski definition) is 7. The molecule has 2 spiro atoms. The molecular weight excluding hydrogens is 606 g/mol. The second-order valence-electron chi connectivity index (χ2n) is 19.9. The van der Waals surface area contributed by atoms with Gasteiger partial charge in [-0.2, -0.15) is 0 Å². The van der Waals surface area contributed by atoms with E-state index in [0.717, 1.165) is 25.7 Å². The van der Waals surface area contributed by atoms with Crippen molar-refractivity contribution >= 4 is 5.91 Å². The number of aliphatic hydroxyl groups is 3. The number of rotatable bonds is 6. The molecule has 6 aliphatic carbocycles. The third-order valence-corrected chi connectivity index (χ3v) is 17.2. The Morgan fingerprint density at radius 3 is 2.42 bits per heavy atom. The Balaban J connectivity index is 0.994. The number of nitrogens with zero attached hydrogens (tertiary/aromatic N) is 1. The van der Waals surface area contributed by atoms with Crippen LogP contribution in [-0.4, -0.2) is 88.2 Å². The summed E-state index contributed by atoms with van der Waals surface area (Å²) >= 11 is 0. The first-order valence-corrected chi connectivity index (χ1v) is 19.8. The highest BCUT2D eigenvalue weighted by atomic mass is 16.7. The van der Waals surface area contributed by atoms with Crippen LogP contribution in [-0.2, 0) is 19.0 Å². The maximum atomic E-state index is 13.0. The Hall–Kier alpha value is -0.770. The van der Waals surface area contributed by atoms with Crippen LogP contribution in [0.2, 0.25) is 0 Å². The fourth-order valence-corrected chi connectivity index (χ4v) is 14.4. The Labute approximate surface area is 289 Å². The minimum Gasteiger partial charge on any atom is -0.390 e. The van der Waals surface area contributed by atoms with Crippen molar-refractivity contribution in [2.75, 3.05) is 19.7 Å². The van der Waals surface area contributed by atoms with E-state index in [1.54, 1.807) is 13.8 Å². The van der Waals surface area contributed by atoms with Crippen LogP contribution < -0.4 is 0 Å². The van der Waals surface area contributed by atoms with Crippen LogP contribution in [0.1, 0.15) is 126 Å². The number of carbonyl (C=O) groups excluding carboxylic acids is 1. The number of fused-ring (bicyclic) bond motifs is 4. The topological polar surface area (TPSA) is 109 Å². The number of morpholine rings is 1. The molecule has 0 aromatic rings. The molecule has 4 unspecified atom stereocenters. The maximum Gasteiger partial charge on any atom is 0.223 e. The smallest absolute Gasteiger partial charge is 0.223 e. The van der Waals surface area contributed by atoms with Gasteiger partial charge in [-0.15, -0.1) is 0 Å². The third kappa shape index (κ3) is 4.56. The van der Waals surface area contributed by atoms with Crippen LogP contribution in [0.3, 0.4) is 0 Å². The molecule has 8 rings (SSSR count). The van der Waals surface area contributed by atoms with E-state index in [4.69, 9.17) is 14.2 Å². The van der Waals surface area contributed by atoms with Crippen molar-refractivity contribution in [1.29, 1.82) is 0 Å². The Morgan fingerprint density at radius 2 is 1.73 bits per heavy atom. The molecule has 0 radical (unpaired) electrons. The summed E-state index contributed by atoms with van der Waals surface area (Å²) in [7, 11) is 0. The molecule has 2 heterocycles. The normalized spacial score (nSPS) is 51.8. The van der Waals surface area contributed by atoms with Crippen molar-refractivity contribution in [2.24, 2.45) is 56.7 Å². The first-order valence-electron chi connectivity index (χ1n) is 19.8. The number of hydrogen-bond donors (Lipinski definition) is 3. The molecule has 0 aromatic heterocycles. The highest BCUT2D eigenvalue weighted by molar-refractivity contribution is 5.76. The molecule has 6 saturated carbocycles. The minimum atomic E-state index is -1.25. The van der Waals surface area contributed by atoms with E-state index in [1.807, 2.05) is 4.90 Å². The summed E-state index contributed by atoms with van der Waals surface area (Å²) in [4.78, 5) is 15.0. The number of ether oxygens (including phenoxy) is 3. The molecule has 14 atom stereocenters. The van der Waals surface area contributed by atoms with E-state index in [-0.39, 0.29) is 52.0 Å². The zero-order valence-corrected chi connectivity index (χ0v) is 30.9. The molecule has 8 fully saturated rings. The summed E-state index contributed by atoms with van der Waals surface area (Å²) in [5.41, 5.74) is -1.01. The molecule has 0 bridgehead atoms. The predicted molar refractivity (Wildman–Crippen MR) is 182 cm³/mol. The van der Waals surface area contributed by atoms with Crippen molar-refractivity contribution in [1.82, 2.24) is 4.90 Å². The standard InChI is InChI=1S/C40H65NO7/c1-23-19-25(33(43)36(4,5)45)47-32-31(23)37(6)15-16-40-22-39(40)14-13-28(35(2,3)26(39)11-12-27(40)38(37,7)34(32)44)48-30-21-41(17-18-46-30)29(42)20-24-9-8-10-24/h23-28,30-34,43-45H,8-22H2,1-7H3/t23-,25?,26+,27?,28?,30+,31+,32?,33+,34+,37-,38-,39-,40+/m1/s1. The molecule has 0 aromatic carbocycles. The minimum absolute atomic E-state index is 0.00366. The predicted octanol–water partition coefficient (Wildman–Crippen LogP) is 5.69. The SMILES string of the molecule is C[C@@H]1CC([C@H](O)C(C)(C)O)OC2[C@H]1[C@@]1(C)CC[C@@]34C[C@@]35CCC(O[C@H]3CN(C(=O)CC6CCC6)CCO3)C(C)(C)[C@@H]5CCC4[C@]1(C)[C@H]2O. The van der Waals surface area contributed by atoms with Crippen LogP contribution >= 0.6 is 0 Å². The number of amides is 1. The fraction of sp³-hybridized carbons (Fsp3) is 0.975. The fourth-order valence-electron chi connectivity index (χ4n) is 14.4. The molecule has 2 saturated heterocycles. The zero-order chi connectivity index (χ0) is 34.2. The lowest BCUT2D eigenvalue weighted by molar-refractivity contribution is -0.248. The van der Waals surface area contributed by atoms with Crippen LogP contribution in [0.15, 0.2) is 0 Å². The first kappa shape index (κ1) is 34.3. The van der Waals surface area contributed by atoms with Gasteiger partial charge in [0.2, 0.25) is 5.91 Å². The first-order chi connectivity index (χ1) is 22.5. The van der Waals surface area contributed by atoms with E-state index in [0.29, 0.717) is 61.6 Å². The summed E-state index contributed by atoms with van der Waals surface area (Å²) in [5.74, 6) is 2.39. The average molecular weight is 672 g/mol. The van der Waals surface area contributed by atoms with Gasteiger partial charge in [-0.25, -0.2) is 0 Å². The van der Waals surface area contributed by atoms with Crippen molar-refractivity contribution < 1.29 is 34.3 Å². The van der Waals surface area contributed by atoms with Gasteiger partial charge < -0.3 is 34.4 Å². The van der Waals surface area contributed by atoms with Gasteiger partial charge >= 0.3 is 0 Å². The highest BCUT2D eigenvalue weighted by Crippen LogP contribution is 2.89. The van der Waals surface area contributed by atoms with E-state index in [9.17, 15) is 20.1 Å². The molecule has 1 amide bonds. The summed E-state index contributed by atoms with van der Waals surface area (Å²) < 4.78 is 19.7. The molecule has 3 N–H and O–H groups in total. The zero-order valence-electron chi connectivity index (χ0n) is 30.9. The summed E-state index contributed by atoms with van der Waals surface area (Å²) in [6.07, 6.45) is 10.5. The van der Waals surface area contributed by atoms with Gasteiger partial charge in [0, 0.05) is 18.4 Å². The largest absolute Gasteiger partial charge is 0.390 e. The Bertz CT molecular complexity index is 1280. The van der Waals surface area contributed by atoms with Crippen LogP contribution in [0, 0.1) is 56.7 Å². The van der Waals surface area contributed by atoms with Gasteiger partial charge in [0.25, 0.3) is 0 Å². The monoisotopic (exact) mass is 671 g/mol. The Kier molecular flexibility index (Phi) is 7.95. The van der Waals surface area contributed by atoms with Gasteiger partial charge in [0.05, 0.1) is 43.2 Å². The summed E-state index contributed by atoms with van der Waals surface area (Å²) in [6.45, 7) is 17.1. The van der Waals surface area contributed by atoms with E-state index in [1.165, 1.54) is 38.5 Å². The lowest BCUT2D eigenvalue weighted by atomic mass is 9.41. The van der Waals surface area contributed by atoms with Gasteiger partial charge in [-0.3, -0.25) is 4.79 Å². The Morgan fingerprint density at radius 1 is 1.02 bits per heavy atom. The molecule has 8 nitrogen and oxygen atoms in total. The lowest BCUT2D eigenvalue weighted by Crippen LogP contribution is -2.60. The van der Waals surface area contributed by atoms with Crippen molar-refractivity contribution in [2.45, 2.75) is 168 Å². The lowest BCUT2D eigenvalue weighted by Gasteiger charge is -2.64. The van der Waals surface area contributed by atoms with Gasteiger partial charge in [0.1, 0.15) is 6.10 Å². The van der Waals surface area contributed by atoms with E-state index < -0.39 is 23.9 Å². The second kappa shape index (κ2) is 11.1. The van der Waals surface area contributed by atoms with Crippen LogP contribution in [0.25, 0.3) is 0 Å². The van der Waals surface area contributed by atoms with Crippen molar-refractivity contribution in [3.63, 3.8) is 0 Å². The third-order valence-electron chi connectivity index (χ3n) is 17.2. The van der Waals surface area contributed by atoms with Gasteiger partial charge in [0.15, 0.2) is 6.29 Å². The van der Waals surface area contributed by atoms with Crippen molar-refractivity contribution in [3.05, 3.63) is 0 Å². The molecule has 48 heavy (non-hydrogen) atoms. The van der Waals surface area contributed by atoms with Gasteiger partial charge in [-0.1, -0.05) is 41.0 Å². The quantitative estimate of drug-likeness (QED) is 0.333. The maximum absolute atomic E-state index is 13.0. The van der Waals surface area contributed by atoms with Crippen molar-refractivity contribution in [3.8, 4) is 0 Å². The summed E-state index contributed by atoms with van der Waals surface area (Å²) in [5, 5.41) is 34.1. The molecule has 2 aliphatic heterocycles. The highest BCUT2D eigenvalue weighted by Gasteiger charge is 2.84. The van der Waals surface area contributed by atoms with Gasteiger partial charge in [-0.05, 0) is 129 Å². The van der Waals surface area contributed by atoms with Crippen LogP contribution in [0.4, 0.5) is 0 Å². The molecular formula is C40H65NO7. The number of carbonyl (C=O) groups is 1. The van der Waals surface area contributed by atoms with E-state index >= 15 is 0 Å². The van der Waals surface area contributed by atoms with E-state index in [2.05, 4.69) is 34.6 Å². The molecule has 8 heteroatoms. The van der Waals surface area contributed by atoms with Crippen LogP contribution in [0.5, 0.6) is 0 Å². The molecule has 272 valence electrons.